The third kappa shape index (κ3) is 6.12. The van der Waals surface area contributed by atoms with E-state index in [2.05, 4.69) is 0 Å². The molecule has 4 nitrogen and oxygen atoms in total. The molecule has 0 rings (SSSR count). The van der Waals surface area contributed by atoms with Crippen LogP contribution in [0, 0.1) is 0 Å². The fourth-order valence-corrected chi connectivity index (χ4v) is 0.960. The maximum atomic E-state index is 11.0. The Bertz CT molecular complexity index is 137. The summed E-state index contributed by atoms with van der Waals surface area (Å²) >= 11 is 0. The van der Waals surface area contributed by atoms with Gasteiger partial charge < -0.3 is 4.74 Å². The molecular weight excluding hydrogens is 156 g/mol. The SMILES string of the molecule is CCOC(=O)CN(C)CN(C)C. The molecule has 0 amide bonds. The molecule has 12 heavy (non-hydrogen) atoms. The summed E-state index contributed by atoms with van der Waals surface area (Å²) < 4.78 is 4.79. The van der Waals surface area contributed by atoms with E-state index in [1.54, 1.807) is 0 Å². The molecule has 0 saturated heterocycles. The Morgan fingerprint density at radius 3 is 2.33 bits per heavy atom. The first kappa shape index (κ1) is 11.4. The lowest BCUT2D eigenvalue weighted by Crippen LogP contribution is -2.34. The maximum absolute atomic E-state index is 11.0. The molecule has 0 aromatic carbocycles. The average molecular weight is 174 g/mol. The number of esters is 1. The van der Waals surface area contributed by atoms with Crippen LogP contribution in [0.25, 0.3) is 0 Å². The van der Waals surface area contributed by atoms with Gasteiger partial charge >= 0.3 is 5.97 Å². The third-order valence-electron chi connectivity index (χ3n) is 1.23. The van der Waals surface area contributed by atoms with E-state index in [0.717, 1.165) is 6.67 Å². The van der Waals surface area contributed by atoms with E-state index in [4.69, 9.17) is 4.74 Å². The minimum atomic E-state index is -0.165. The largest absolute Gasteiger partial charge is 0.465 e. The van der Waals surface area contributed by atoms with E-state index in [1.807, 2.05) is 37.9 Å². The Morgan fingerprint density at radius 1 is 1.33 bits per heavy atom. The second-order valence-electron chi connectivity index (χ2n) is 3.04. The van der Waals surface area contributed by atoms with Crippen LogP contribution in [-0.2, 0) is 9.53 Å². The molecule has 0 aliphatic rings. The van der Waals surface area contributed by atoms with Crippen molar-refractivity contribution in [2.75, 3.05) is 41.0 Å². The van der Waals surface area contributed by atoms with Crippen LogP contribution >= 0.6 is 0 Å². The number of likely N-dealkylation sites (N-methyl/N-ethyl adjacent to an activating group) is 1. The van der Waals surface area contributed by atoms with Crippen molar-refractivity contribution in [2.45, 2.75) is 6.92 Å². The van der Waals surface area contributed by atoms with Crippen LogP contribution in [0.3, 0.4) is 0 Å². The highest BCUT2D eigenvalue weighted by atomic mass is 16.5. The Balaban J connectivity index is 3.54. The summed E-state index contributed by atoms with van der Waals surface area (Å²) in [7, 11) is 5.81. The zero-order valence-electron chi connectivity index (χ0n) is 8.33. The quantitative estimate of drug-likeness (QED) is 0.434. The van der Waals surface area contributed by atoms with Crippen molar-refractivity contribution in [1.82, 2.24) is 9.80 Å². The van der Waals surface area contributed by atoms with Crippen LogP contribution in [0.1, 0.15) is 6.92 Å². The molecule has 0 bridgehead atoms. The van der Waals surface area contributed by atoms with Crippen LogP contribution < -0.4 is 0 Å². The van der Waals surface area contributed by atoms with Gasteiger partial charge in [-0.05, 0) is 28.1 Å². The number of nitrogens with zero attached hydrogens (tertiary/aromatic N) is 2. The van der Waals surface area contributed by atoms with Gasteiger partial charge in [0.1, 0.15) is 0 Å². The third-order valence-corrected chi connectivity index (χ3v) is 1.23. The van der Waals surface area contributed by atoms with Gasteiger partial charge in [0.15, 0.2) is 0 Å². The first-order valence-corrected chi connectivity index (χ1v) is 4.05. The first-order chi connectivity index (χ1) is 5.56. The van der Waals surface area contributed by atoms with Gasteiger partial charge in [0.05, 0.1) is 19.8 Å². The lowest BCUT2D eigenvalue weighted by Gasteiger charge is -2.19. The summed E-state index contributed by atoms with van der Waals surface area (Å²) in [6.07, 6.45) is 0. The fourth-order valence-electron chi connectivity index (χ4n) is 0.960. The van der Waals surface area contributed by atoms with Crippen molar-refractivity contribution in [3.05, 3.63) is 0 Å². The highest BCUT2D eigenvalue weighted by Crippen LogP contribution is 1.86. The van der Waals surface area contributed by atoms with E-state index in [9.17, 15) is 4.79 Å². The Kier molecular flexibility index (Phi) is 5.66. The van der Waals surface area contributed by atoms with Crippen molar-refractivity contribution >= 4 is 5.97 Å². The number of ether oxygens (including phenoxy) is 1. The molecule has 0 aromatic heterocycles. The van der Waals surface area contributed by atoms with E-state index in [-0.39, 0.29) is 5.97 Å². The highest BCUT2D eigenvalue weighted by molar-refractivity contribution is 5.71. The number of carbonyl (C=O) groups excluding carboxylic acids is 1. The first-order valence-electron chi connectivity index (χ1n) is 4.05. The van der Waals surface area contributed by atoms with Gasteiger partial charge in [0.2, 0.25) is 0 Å². The summed E-state index contributed by atoms with van der Waals surface area (Å²) in [6, 6.07) is 0. The summed E-state index contributed by atoms with van der Waals surface area (Å²) in [4.78, 5) is 14.9. The minimum Gasteiger partial charge on any atom is -0.465 e. The van der Waals surface area contributed by atoms with Crippen molar-refractivity contribution < 1.29 is 9.53 Å². The van der Waals surface area contributed by atoms with Crippen LogP contribution in [0.15, 0.2) is 0 Å². The molecule has 0 fully saturated rings. The molecule has 0 aliphatic carbocycles. The summed E-state index contributed by atoms with van der Waals surface area (Å²) in [5.41, 5.74) is 0. The molecule has 0 heterocycles. The fraction of sp³-hybridized carbons (Fsp3) is 0.875. The summed E-state index contributed by atoms with van der Waals surface area (Å²) in [5.74, 6) is -0.165. The van der Waals surface area contributed by atoms with Gasteiger partial charge in [-0.2, -0.15) is 0 Å². The van der Waals surface area contributed by atoms with Gasteiger partial charge in [0.25, 0.3) is 0 Å². The van der Waals surface area contributed by atoms with E-state index in [1.165, 1.54) is 0 Å². The number of rotatable bonds is 5. The molecule has 72 valence electrons. The molecule has 0 spiro atoms. The molecular formula is C8H18N2O2. The lowest BCUT2D eigenvalue weighted by molar-refractivity contribution is -0.144. The van der Waals surface area contributed by atoms with Crippen LogP contribution in [0.4, 0.5) is 0 Å². The van der Waals surface area contributed by atoms with E-state index in [0.29, 0.717) is 13.2 Å². The number of hydrogen-bond acceptors (Lipinski definition) is 4. The molecule has 0 atom stereocenters. The smallest absolute Gasteiger partial charge is 0.320 e. The molecule has 0 N–H and O–H groups in total. The molecule has 4 heteroatoms. The second-order valence-corrected chi connectivity index (χ2v) is 3.04. The molecule has 0 radical (unpaired) electrons. The molecule has 0 saturated carbocycles. The van der Waals surface area contributed by atoms with E-state index >= 15 is 0 Å². The standard InChI is InChI=1S/C8H18N2O2/c1-5-12-8(11)6-10(4)7-9(2)3/h5-7H2,1-4H3. The maximum Gasteiger partial charge on any atom is 0.320 e. The lowest BCUT2D eigenvalue weighted by atomic mass is 10.6. The molecule has 0 unspecified atom stereocenters. The Labute approximate surface area is 74.1 Å². The zero-order chi connectivity index (χ0) is 9.56. The Morgan fingerprint density at radius 2 is 1.92 bits per heavy atom. The average Bonchev–Trinajstić information content (AvgIpc) is 1.84. The topological polar surface area (TPSA) is 32.8 Å². The normalized spacial score (nSPS) is 10.8. The highest BCUT2D eigenvalue weighted by Gasteiger charge is 2.06. The van der Waals surface area contributed by atoms with Crippen molar-refractivity contribution in [2.24, 2.45) is 0 Å². The Hall–Kier alpha value is -0.610. The van der Waals surface area contributed by atoms with Crippen LogP contribution in [0.2, 0.25) is 0 Å². The summed E-state index contributed by atoms with van der Waals surface area (Å²) in [6.45, 7) is 3.38. The monoisotopic (exact) mass is 174 g/mol. The van der Waals surface area contributed by atoms with Gasteiger partial charge in [0, 0.05) is 0 Å². The van der Waals surface area contributed by atoms with Crippen molar-refractivity contribution in [3.63, 3.8) is 0 Å². The van der Waals surface area contributed by atoms with Gasteiger partial charge in [-0.25, -0.2) is 0 Å². The van der Waals surface area contributed by atoms with Crippen molar-refractivity contribution in [3.8, 4) is 0 Å². The molecule has 0 aliphatic heterocycles. The predicted molar refractivity (Wildman–Crippen MR) is 47.8 cm³/mol. The van der Waals surface area contributed by atoms with Gasteiger partial charge in [-0.1, -0.05) is 0 Å². The second kappa shape index (κ2) is 5.97. The number of carbonyl (C=O) groups is 1. The predicted octanol–water partition coefficient (Wildman–Crippen LogP) is 0.000400. The minimum absolute atomic E-state index is 0.165. The summed E-state index contributed by atoms with van der Waals surface area (Å²) in [5, 5.41) is 0. The van der Waals surface area contributed by atoms with Crippen molar-refractivity contribution in [1.29, 1.82) is 0 Å². The van der Waals surface area contributed by atoms with Crippen LogP contribution in [0.5, 0.6) is 0 Å². The zero-order valence-corrected chi connectivity index (χ0v) is 8.33. The van der Waals surface area contributed by atoms with Crippen LogP contribution in [-0.4, -0.2) is 56.7 Å². The van der Waals surface area contributed by atoms with E-state index < -0.39 is 0 Å². The molecule has 0 aromatic rings. The van der Waals surface area contributed by atoms with Gasteiger partial charge in [-0.3, -0.25) is 14.6 Å². The number of hydrogen-bond donors (Lipinski definition) is 0. The van der Waals surface area contributed by atoms with Gasteiger partial charge in [-0.15, -0.1) is 0 Å².